The summed E-state index contributed by atoms with van der Waals surface area (Å²) in [5, 5.41) is 8.95. The van der Waals surface area contributed by atoms with Crippen LogP contribution < -0.4 is 0 Å². The summed E-state index contributed by atoms with van der Waals surface area (Å²) < 4.78 is 5.62. The van der Waals surface area contributed by atoms with Crippen LogP contribution in [0.1, 0.15) is 32.1 Å². The molecule has 4 fully saturated rings. The van der Waals surface area contributed by atoms with Crippen molar-refractivity contribution in [3.05, 3.63) is 12.2 Å². The van der Waals surface area contributed by atoms with E-state index < -0.39 is 0 Å². The minimum atomic E-state index is -0.389. The van der Waals surface area contributed by atoms with Gasteiger partial charge in [-0.15, -0.1) is 0 Å². The number of carbonyl (C=O) groups excluding carboxylic acids is 1. The average molecular weight is 262 g/mol. The second-order valence-electron chi connectivity index (χ2n) is 7.09. The smallest absolute Gasteiger partial charge is 0.336 e. The molecule has 4 rings (SSSR count). The van der Waals surface area contributed by atoms with Crippen molar-refractivity contribution in [1.29, 1.82) is 0 Å². The maximum atomic E-state index is 11.8. The van der Waals surface area contributed by atoms with Crippen molar-refractivity contribution >= 4 is 5.97 Å². The van der Waals surface area contributed by atoms with E-state index in [0.29, 0.717) is 5.92 Å². The molecular formula is C16H22O3. The van der Waals surface area contributed by atoms with Crippen molar-refractivity contribution in [1.82, 2.24) is 0 Å². The van der Waals surface area contributed by atoms with E-state index in [-0.39, 0.29) is 24.3 Å². The van der Waals surface area contributed by atoms with Crippen molar-refractivity contribution in [3.63, 3.8) is 0 Å². The Kier molecular flexibility index (Phi) is 2.57. The largest absolute Gasteiger partial charge is 0.459 e. The Balaban J connectivity index is 1.48. The fourth-order valence-electron chi connectivity index (χ4n) is 5.93. The fourth-order valence-corrected chi connectivity index (χ4v) is 5.93. The molecule has 4 bridgehead atoms. The second kappa shape index (κ2) is 4.08. The number of rotatable bonds is 3. The van der Waals surface area contributed by atoms with Gasteiger partial charge in [0.2, 0.25) is 0 Å². The lowest BCUT2D eigenvalue weighted by molar-refractivity contribution is -0.149. The SMILES string of the molecule is C=C(CO)C(=O)OC1CC2CC1C1C3CCC(C3)C21. The molecular weight excluding hydrogens is 240 g/mol. The van der Waals surface area contributed by atoms with Crippen molar-refractivity contribution in [2.45, 2.75) is 38.2 Å². The van der Waals surface area contributed by atoms with Gasteiger partial charge in [-0.3, -0.25) is 0 Å². The number of hydrogen-bond donors (Lipinski definition) is 1. The molecule has 0 saturated heterocycles. The quantitative estimate of drug-likeness (QED) is 0.481. The first-order valence-corrected chi connectivity index (χ1v) is 7.68. The lowest BCUT2D eigenvalue weighted by Gasteiger charge is -2.38. The Morgan fingerprint density at radius 3 is 2.58 bits per heavy atom. The van der Waals surface area contributed by atoms with Crippen molar-refractivity contribution in [2.24, 2.45) is 35.5 Å². The zero-order chi connectivity index (χ0) is 13.1. The van der Waals surface area contributed by atoms with Gasteiger partial charge in [-0.05, 0) is 67.6 Å². The van der Waals surface area contributed by atoms with Crippen LogP contribution in [0.25, 0.3) is 0 Å². The lowest BCUT2D eigenvalue weighted by atomic mass is 9.70. The van der Waals surface area contributed by atoms with E-state index in [1.54, 1.807) is 0 Å². The third-order valence-electron chi connectivity index (χ3n) is 6.41. The fraction of sp³-hybridized carbons (Fsp3) is 0.812. The molecule has 4 saturated carbocycles. The van der Waals surface area contributed by atoms with Gasteiger partial charge in [0.1, 0.15) is 6.10 Å². The first-order chi connectivity index (χ1) is 9.19. The predicted octanol–water partition coefficient (Wildman–Crippen LogP) is 2.15. The molecule has 4 aliphatic carbocycles. The minimum Gasteiger partial charge on any atom is -0.459 e. The number of hydrogen-bond acceptors (Lipinski definition) is 3. The monoisotopic (exact) mass is 262 g/mol. The van der Waals surface area contributed by atoms with Gasteiger partial charge >= 0.3 is 5.97 Å². The first-order valence-electron chi connectivity index (χ1n) is 7.68. The van der Waals surface area contributed by atoms with Crippen LogP contribution in [-0.4, -0.2) is 23.8 Å². The summed E-state index contributed by atoms with van der Waals surface area (Å²) in [6.07, 6.45) is 6.71. The van der Waals surface area contributed by atoms with E-state index in [2.05, 4.69) is 6.58 Å². The molecule has 7 unspecified atom stereocenters. The van der Waals surface area contributed by atoms with E-state index in [4.69, 9.17) is 9.84 Å². The molecule has 3 nitrogen and oxygen atoms in total. The number of carbonyl (C=O) groups is 1. The van der Waals surface area contributed by atoms with Gasteiger partial charge in [0.05, 0.1) is 12.2 Å². The highest BCUT2D eigenvalue weighted by molar-refractivity contribution is 5.88. The Morgan fingerprint density at radius 1 is 1.11 bits per heavy atom. The molecule has 0 spiro atoms. The highest BCUT2D eigenvalue weighted by Crippen LogP contribution is 2.67. The molecule has 19 heavy (non-hydrogen) atoms. The van der Waals surface area contributed by atoms with Gasteiger partial charge in [-0.1, -0.05) is 6.58 Å². The van der Waals surface area contributed by atoms with E-state index >= 15 is 0 Å². The Hall–Kier alpha value is -0.830. The molecule has 4 aliphatic rings. The maximum Gasteiger partial charge on any atom is 0.336 e. The van der Waals surface area contributed by atoms with Crippen LogP contribution in [-0.2, 0) is 9.53 Å². The van der Waals surface area contributed by atoms with Gasteiger partial charge in [-0.2, -0.15) is 0 Å². The summed E-state index contributed by atoms with van der Waals surface area (Å²) in [5.74, 6) is 4.67. The summed E-state index contributed by atoms with van der Waals surface area (Å²) in [7, 11) is 0. The van der Waals surface area contributed by atoms with Crippen molar-refractivity contribution in [2.75, 3.05) is 6.61 Å². The molecule has 0 aromatic heterocycles. The van der Waals surface area contributed by atoms with Crippen molar-refractivity contribution in [3.8, 4) is 0 Å². The average Bonchev–Trinajstić information content (AvgIpc) is 3.14. The summed E-state index contributed by atoms with van der Waals surface area (Å²) in [5.41, 5.74) is 0.187. The van der Waals surface area contributed by atoms with Crippen LogP contribution in [0.15, 0.2) is 12.2 Å². The second-order valence-corrected chi connectivity index (χ2v) is 7.09. The number of aliphatic hydroxyl groups is 1. The highest BCUT2D eigenvalue weighted by Gasteiger charge is 2.63. The number of esters is 1. The van der Waals surface area contributed by atoms with Gasteiger partial charge in [0, 0.05) is 0 Å². The summed E-state index contributed by atoms with van der Waals surface area (Å²) in [6, 6.07) is 0. The molecule has 104 valence electrons. The lowest BCUT2D eigenvalue weighted by Crippen LogP contribution is -2.37. The number of fused-ring (bicyclic) bond motifs is 9. The Morgan fingerprint density at radius 2 is 1.84 bits per heavy atom. The first kappa shape index (κ1) is 12.0. The van der Waals surface area contributed by atoms with Crippen LogP contribution in [0.3, 0.4) is 0 Å². The Bertz CT molecular complexity index is 430. The van der Waals surface area contributed by atoms with Crippen LogP contribution in [0.2, 0.25) is 0 Å². The number of aliphatic hydroxyl groups excluding tert-OH is 1. The zero-order valence-electron chi connectivity index (χ0n) is 11.3. The van der Waals surface area contributed by atoms with E-state index in [1.165, 1.54) is 25.7 Å². The van der Waals surface area contributed by atoms with E-state index in [0.717, 1.165) is 36.0 Å². The molecule has 7 atom stereocenters. The standard InChI is InChI=1S/C16H22O3/c1-8(7-17)16(18)19-13-6-11-5-12(13)15-10-3-2-9(4-10)14(11)15/h9-15,17H,1-7H2. The highest BCUT2D eigenvalue weighted by atomic mass is 16.5. The van der Waals surface area contributed by atoms with Gasteiger partial charge in [0.25, 0.3) is 0 Å². The Labute approximate surface area is 114 Å². The molecule has 0 aliphatic heterocycles. The van der Waals surface area contributed by atoms with E-state index in [9.17, 15) is 4.79 Å². The third-order valence-corrected chi connectivity index (χ3v) is 6.41. The molecule has 1 N–H and O–H groups in total. The molecule has 0 heterocycles. The molecule has 0 aromatic carbocycles. The summed E-state index contributed by atoms with van der Waals surface area (Å²) >= 11 is 0. The number of ether oxygens (including phenoxy) is 1. The molecule has 0 amide bonds. The minimum absolute atomic E-state index is 0.0985. The predicted molar refractivity (Wildman–Crippen MR) is 70.1 cm³/mol. The van der Waals surface area contributed by atoms with Crippen LogP contribution in [0.5, 0.6) is 0 Å². The maximum absolute atomic E-state index is 11.8. The topological polar surface area (TPSA) is 46.5 Å². The zero-order valence-corrected chi connectivity index (χ0v) is 11.3. The van der Waals surface area contributed by atoms with Crippen LogP contribution >= 0.6 is 0 Å². The van der Waals surface area contributed by atoms with Crippen LogP contribution in [0, 0.1) is 35.5 Å². The van der Waals surface area contributed by atoms with Gasteiger partial charge < -0.3 is 9.84 Å². The normalized spacial score (nSPS) is 49.4. The van der Waals surface area contributed by atoms with Gasteiger partial charge in [0.15, 0.2) is 0 Å². The molecule has 0 aromatic rings. The van der Waals surface area contributed by atoms with Crippen molar-refractivity contribution < 1.29 is 14.6 Å². The molecule has 0 radical (unpaired) electrons. The summed E-state index contributed by atoms with van der Waals surface area (Å²) in [6.45, 7) is 3.26. The van der Waals surface area contributed by atoms with E-state index in [1.807, 2.05) is 0 Å². The van der Waals surface area contributed by atoms with Crippen LogP contribution in [0.4, 0.5) is 0 Å². The van der Waals surface area contributed by atoms with Gasteiger partial charge in [-0.25, -0.2) is 4.79 Å². The third kappa shape index (κ3) is 1.57. The molecule has 3 heteroatoms. The summed E-state index contributed by atoms with van der Waals surface area (Å²) in [4.78, 5) is 11.8.